The number of nitrogens with zero attached hydrogens (tertiary/aromatic N) is 1. The largest absolute Gasteiger partial charge is 0.431 e. The Bertz CT molecular complexity index is 858. The van der Waals surface area contributed by atoms with Crippen LogP contribution in [0.4, 0.5) is 4.79 Å². The van der Waals surface area contributed by atoms with E-state index in [1.165, 1.54) is 0 Å². The molecule has 1 atom stereocenters. The van der Waals surface area contributed by atoms with Crippen molar-refractivity contribution < 1.29 is 9.53 Å². The molecule has 4 rings (SSSR count). The third-order valence-electron chi connectivity index (χ3n) is 4.80. The second-order valence-electron chi connectivity index (χ2n) is 6.57. The standard InChI is InChI=1S/C20H18ClNO2/c1-13(2)22-12-20(24-19(22)23)17-6-4-3-5-14(17)7-8-15-9-10-16(21)11-18(15)20/h3-11,13H,12H2,1-2H3. The summed E-state index contributed by atoms with van der Waals surface area (Å²) in [6.45, 7) is 4.48. The molecule has 24 heavy (non-hydrogen) atoms. The molecule has 1 spiro atoms. The Hall–Kier alpha value is -2.26. The summed E-state index contributed by atoms with van der Waals surface area (Å²) < 4.78 is 6.04. The van der Waals surface area contributed by atoms with Gasteiger partial charge in [0.25, 0.3) is 0 Å². The fourth-order valence-corrected chi connectivity index (χ4v) is 3.75. The highest BCUT2D eigenvalue weighted by molar-refractivity contribution is 6.30. The first kappa shape index (κ1) is 15.3. The third kappa shape index (κ3) is 2.15. The van der Waals surface area contributed by atoms with E-state index in [1.54, 1.807) is 4.90 Å². The number of rotatable bonds is 1. The first-order chi connectivity index (χ1) is 11.5. The number of benzene rings is 2. The van der Waals surface area contributed by atoms with E-state index in [0.29, 0.717) is 11.6 Å². The molecule has 1 aliphatic heterocycles. The Labute approximate surface area is 146 Å². The van der Waals surface area contributed by atoms with Gasteiger partial charge in [-0.2, -0.15) is 0 Å². The van der Waals surface area contributed by atoms with E-state index in [0.717, 1.165) is 22.3 Å². The van der Waals surface area contributed by atoms with E-state index in [-0.39, 0.29) is 12.1 Å². The lowest BCUT2D eigenvalue weighted by atomic mass is 9.83. The van der Waals surface area contributed by atoms with Crippen LogP contribution in [0.15, 0.2) is 42.5 Å². The highest BCUT2D eigenvalue weighted by Crippen LogP contribution is 2.46. The van der Waals surface area contributed by atoms with E-state index >= 15 is 0 Å². The normalized spacial score (nSPS) is 21.7. The average Bonchev–Trinajstić information content (AvgIpc) is 2.86. The van der Waals surface area contributed by atoms with Crippen LogP contribution < -0.4 is 0 Å². The fourth-order valence-electron chi connectivity index (χ4n) is 3.58. The van der Waals surface area contributed by atoms with Gasteiger partial charge >= 0.3 is 6.09 Å². The summed E-state index contributed by atoms with van der Waals surface area (Å²) in [6.07, 6.45) is 3.85. The monoisotopic (exact) mass is 339 g/mol. The SMILES string of the molecule is CC(C)N1CC2(OC1=O)c1ccccc1C=Cc1ccc(Cl)cc12. The van der Waals surface area contributed by atoms with Crippen LogP contribution in [0.2, 0.25) is 5.02 Å². The maximum absolute atomic E-state index is 12.6. The molecule has 4 heteroatoms. The van der Waals surface area contributed by atoms with Gasteiger partial charge in [-0.15, -0.1) is 0 Å². The minimum absolute atomic E-state index is 0.0721. The smallest absolute Gasteiger partial charge is 0.411 e. The van der Waals surface area contributed by atoms with Gasteiger partial charge in [-0.25, -0.2) is 4.79 Å². The molecule has 1 heterocycles. The minimum Gasteiger partial charge on any atom is -0.431 e. The van der Waals surface area contributed by atoms with Crippen molar-refractivity contribution in [2.45, 2.75) is 25.5 Å². The summed E-state index contributed by atoms with van der Waals surface area (Å²) in [4.78, 5) is 14.3. The Balaban J connectivity index is 2.01. The molecule has 3 nitrogen and oxygen atoms in total. The van der Waals surface area contributed by atoms with Gasteiger partial charge in [-0.1, -0.05) is 54.1 Å². The molecule has 122 valence electrons. The molecule has 0 radical (unpaired) electrons. The van der Waals surface area contributed by atoms with Crippen LogP contribution >= 0.6 is 11.6 Å². The molecule has 0 bridgehead atoms. The van der Waals surface area contributed by atoms with Gasteiger partial charge in [0.2, 0.25) is 0 Å². The number of amides is 1. The molecule has 0 saturated carbocycles. The topological polar surface area (TPSA) is 29.5 Å². The highest BCUT2D eigenvalue weighted by atomic mass is 35.5. The lowest BCUT2D eigenvalue weighted by molar-refractivity contribution is 0.0855. The van der Waals surface area contributed by atoms with Crippen LogP contribution in [-0.2, 0) is 10.3 Å². The Morgan fingerprint density at radius 2 is 1.79 bits per heavy atom. The van der Waals surface area contributed by atoms with Gasteiger partial charge < -0.3 is 9.64 Å². The highest BCUT2D eigenvalue weighted by Gasteiger charge is 2.50. The minimum atomic E-state index is -0.832. The van der Waals surface area contributed by atoms with Gasteiger partial charge in [0, 0.05) is 22.2 Å². The first-order valence-electron chi connectivity index (χ1n) is 8.08. The van der Waals surface area contributed by atoms with Crippen LogP contribution in [0, 0.1) is 0 Å². The molecule has 1 saturated heterocycles. The summed E-state index contributed by atoms with van der Waals surface area (Å²) in [5, 5.41) is 0.639. The molecule has 0 N–H and O–H groups in total. The average molecular weight is 340 g/mol. The van der Waals surface area contributed by atoms with Gasteiger partial charge in [0.05, 0.1) is 6.54 Å². The lowest BCUT2D eigenvalue weighted by Gasteiger charge is -2.30. The molecule has 2 aromatic rings. The number of fused-ring (bicyclic) bond motifs is 4. The van der Waals surface area contributed by atoms with Gasteiger partial charge in [-0.05, 0) is 37.1 Å². The summed E-state index contributed by atoms with van der Waals surface area (Å²) in [7, 11) is 0. The molecule has 2 aromatic carbocycles. The van der Waals surface area contributed by atoms with Crippen LogP contribution in [0.3, 0.4) is 0 Å². The predicted octanol–water partition coefficient (Wildman–Crippen LogP) is 4.93. The summed E-state index contributed by atoms with van der Waals surface area (Å²) in [5.41, 5.74) is 3.19. The second-order valence-corrected chi connectivity index (χ2v) is 7.01. The summed E-state index contributed by atoms with van der Waals surface area (Å²) in [5.74, 6) is 0. The van der Waals surface area contributed by atoms with Crippen LogP contribution in [-0.4, -0.2) is 23.6 Å². The Morgan fingerprint density at radius 3 is 2.50 bits per heavy atom. The number of carbonyl (C=O) groups is 1. The van der Waals surface area contributed by atoms with Crippen molar-refractivity contribution >= 4 is 29.8 Å². The van der Waals surface area contributed by atoms with Crippen molar-refractivity contribution in [3.8, 4) is 0 Å². The quantitative estimate of drug-likeness (QED) is 0.737. The predicted molar refractivity (Wildman–Crippen MR) is 95.9 cm³/mol. The van der Waals surface area contributed by atoms with Crippen molar-refractivity contribution in [1.82, 2.24) is 4.90 Å². The van der Waals surface area contributed by atoms with Crippen molar-refractivity contribution in [2.24, 2.45) is 0 Å². The summed E-state index contributed by atoms with van der Waals surface area (Å²) in [6, 6.07) is 13.9. The van der Waals surface area contributed by atoms with E-state index in [1.807, 2.05) is 56.3 Å². The van der Waals surface area contributed by atoms with Crippen molar-refractivity contribution in [1.29, 1.82) is 0 Å². The number of hydrogen-bond donors (Lipinski definition) is 0. The van der Waals surface area contributed by atoms with E-state index in [4.69, 9.17) is 16.3 Å². The van der Waals surface area contributed by atoms with Crippen molar-refractivity contribution in [3.63, 3.8) is 0 Å². The third-order valence-corrected chi connectivity index (χ3v) is 5.04. The maximum Gasteiger partial charge on any atom is 0.411 e. The molecule has 1 fully saturated rings. The zero-order valence-electron chi connectivity index (χ0n) is 13.6. The van der Waals surface area contributed by atoms with E-state index in [9.17, 15) is 4.79 Å². The number of carbonyl (C=O) groups excluding carboxylic acids is 1. The zero-order chi connectivity index (χ0) is 16.9. The number of ether oxygens (including phenoxy) is 1. The van der Waals surface area contributed by atoms with Crippen molar-refractivity contribution in [3.05, 3.63) is 69.7 Å². The Kier molecular flexibility index (Phi) is 3.43. The van der Waals surface area contributed by atoms with Gasteiger partial charge in [0.1, 0.15) is 0 Å². The van der Waals surface area contributed by atoms with Crippen LogP contribution in [0.25, 0.3) is 12.2 Å². The lowest BCUT2D eigenvalue weighted by Crippen LogP contribution is -2.37. The molecule has 2 aliphatic rings. The zero-order valence-corrected chi connectivity index (χ0v) is 14.4. The molecular weight excluding hydrogens is 322 g/mol. The molecular formula is C20H18ClNO2. The first-order valence-corrected chi connectivity index (χ1v) is 8.46. The molecule has 1 unspecified atom stereocenters. The van der Waals surface area contributed by atoms with E-state index < -0.39 is 5.60 Å². The van der Waals surface area contributed by atoms with Crippen LogP contribution in [0.5, 0.6) is 0 Å². The van der Waals surface area contributed by atoms with E-state index in [2.05, 4.69) is 12.2 Å². The maximum atomic E-state index is 12.6. The Morgan fingerprint density at radius 1 is 1.08 bits per heavy atom. The fraction of sp³-hybridized carbons (Fsp3) is 0.250. The van der Waals surface area contributed by atoms with Crippen molar-refractivity contribution in [2.75, 3.05) is 6.54 Å². The molecule has 0 aromatic heterocycles. The van der Waals surface area contributed by atoms with Crippen LogP contribution in [0.1, 0.15) is 36.1 Å². The second kappa shape index (κ2) is 5.38. The molecule has 1 amide bonds. The van der Waals surface area contributed by atoms with Gasteiger partial charge in [0.15, 0.2) is 5.60 Å². The number of hydrogen-bond acceptors (Lipinski definition) is 2. The summed E-state index contributed by atoms with van der Waals surface area (Å²) >= 11 is 6.28. The van der Waals surface area contributed by atoms with Gasteiger partial charge in [-0.3, -0.25) is 0 Å². The molecule has 1 aliphatic carbocycles. The number of halogens is 1.